The second-order valence-electron chi connectivity index (χ2n) is 5.84. The van der Waals surface area contributed by atoms with Crippen LogP contribution in [0.5, 0.6) is 0 Å². The van der Waals surface area contributed by atoms with Gasteiger partial charge in [-0.15, -0.1) is 5.10 Å². The maximum absolute atomic E-state index is 5.37. The van der Waals surface area contributed by atoms with Crippen LogP contribution in [-0.4, -0.2) is 10.4 Å². The third kappa shape index (κ3) is 2.87. The normalized spacial score (nSPS) is 11.5. The van der Waals surface area contributed by atoms with Crippen LogP contribution in [-0.2, 0) is 11.8 Å². The van der Waals surface area contributed by atoms with E-state index in [9.17, 15) is 0 Å². The minimum Gasteiger partial charge on any atom is -0.337 e. The Morgan fingerprint density at radius 1 is 0.905 bits per heavy atom. The summed E-state index contributed by atoms with van der Waals surface area (Å²) in [5, 5.41) is 7.94. The molecule has 0 aliphatic rings. The Bertz CT molecular complexity index is 702. The highest BCUT2D eigenvalue weighted by Crippen LogP contribution is 2.31. The third-order valence-corrected chi connectivity index (χ3v) is 3.76. The van der Waals surface area contributed by atoms with Crippen molar-refractivity contribution in [2.75, 3.05) is 0 Å². The van der Waals surface area contributed by atoms with Gasteiger partial charge in [-0.3, -0.25) is 0 Å². The minimum atomic E-state index is -0.0245. The first-order chi connectivity index (χ1) is 10.2. The van der Waals surface area contributed by atoms with E-state index in [-0.39, 0.29) is 5.41 Å². The predicted octanol–water partition coefficient (Wildman–Crippen LogP) is 4.26. The Morgan fingerprint density at radius 2 is 1.52 bits per heavy atom. The van der Waals surface area contributed by atoms with Gasteiger partial charge in [0.1, 0.15) is 5.69 Å². The van der Waals surface area contributed by atoms with E-state index < -0.39 is 0 Å². The largest absolute Gasteiger partial charge is 0.337 e. The van der Waals surface area contributed by atoms with Crippen molar-refractivity contribution in [3.63, 3.8) is 0 Å². The summed E-state index contributed by atoms with van der Waals surface area (Å²) >= 11 is 0. The Morgan fingerprint density at radius 3 is 2.19 bits per heavy atom. The van der Waals surface area contributed by atoms with E-state index in [0.29, 0.717) is 0 Å². The van der Waals surface area contributed by atoms with E-state index in [2.05, 4.69) is 48.5 Å². The molecular formula is C18H18N2O. The average Bonchev–Trinajstić information content (AvgIpc) is 2.96. The zero-order chi connectivity index (χ0) is 14.7. The Labute approximate surface area is 124 Å². The molecule has 3 aromatic rings. The summed E-state index contributed by atoms with van der Waals surface area (Å²) < 4.78 is 5.37. The Kier molecular flexibility index (Phi) is 3.57. The van der Waals surface area contributed by atoms with Gasteiger partial charge < -0.3 is 4.52 Å². The van der Waals surface area contributed by atoms with E-state index in [1.165, 1.54) is 5.56 Å². The molecule has 3 nitrogen and oxygen atoms in total. The second-order valence-corrected chi connectivity index (χ2v) is 5.84. The number of aromatic nitrogens is 2. The minimum absolute atomic E-state index is 0.0245. The van der Waals surface area contributed by atoms with Crippen LogP contribution in [0.15, 0.2) is 65.2 Å². The molecule has 0 aliphatic carbocycles. The van der Waals surface area contributed by atoms with Gasteiger partial charge in [0.15, 0.2) is 5.76 Å². The van der Waals surface area contributed by atoms with E-state index in [1.807, 2.05) is 36.4 Å². The number of hydrogen-bond donors (Lipinski definition) is 0. The molecule has 0 aliphatic heterocycles. The molecule has 0 bridgehead atoms. The molecule has 0 radical (unpaired) electrons. The first-order valence-corrected chi connectivity index (χ1v) is 7.09. The topological polar surface area (TPSA) is 38.9 Å². The Hall–Kier alpha value is -2.42. The van der Waals surface area contributed by atoms with E-state index in [1.54, 1.807) is 0 Å². The van der Waals surface area contributed by atoms with Gasteiger partial charge in [-0.1, -0.05) is 74.5 Å². The van der Waals surface area contributed by atoms with Crippen molar-refractivity contribution < 1.29 is 4.52 Å². The molecule has 1 heterocycles. The monoisotopic (exact) mass is 278 g/mol. The van der Waals surface area contributed by atoms with Gasteiger partial charge in [0.2, 0.25) is 0 Å². The molecule has 0 atom stereocenters. The van der Waals surface area contributed by atoms with Crippen LogP contribution in [0.4, 0.5) is 0 Å². The van der Waals surface area contributed by atoms with E-state index in [0.717, 1.165) is 23.4 Å². The van der Waals surface area contributed by atoms with Gasteiger partial charge >= 0.3 is 0 Å². The molecule has 0 spiro atoms. The highest BCUT2D eigenvalue weighted by atomic mass is 16.5. The highest BCUT2D eigenvalue weighted by Gasteiger charge is 2.25. The molecule has 0 amide bonds. The third-order valence-electron chi connectivity index (χ3n) is 3.76. The van der Waals surface area contributed by atoms with Crippen molar-refractivity contribution in [2.24, 2.45) is 0 Å². The van der Waals surface area contributed by atoms with Crippen molar-refractivity contribution in [1.82, 2.24) is 10.4 Å². The fourth-order valence-electron chi connectivity index (χ4n) is 2.54. The van der Waals surface area contributed by atoms with Crippen molar-refractivity contribution in [3.05, 3.63) is 71.9 Å². The van der Waals surface area contributed by atoms with Crippen LogP contribution in [0.25, 0.3) is 11.3 Å². The quantitative estimate of drug-likeness (QED) is 0.716. The molecule has 0 N–H and O–H groups in total. The first-order valence-electron chi connectivity index (χ1n) is 7.09. The number of benzene rings is 2. The number of rotatable bonds is 4. The molecule has 21 heavy (non-hydrogen) atoms. The van der Waals surface area contributed by atoms with Crippen LogP contribution >= 0.6 is 0 Å². The molecule has 3 rings (SSSR count). The van der Waals surface area contributed by atoms with Gasteiger partial charge in [0.25, 0.3) is 0 Å². The summed E-state index contributed by atoms with van der Waals surface area (Å²) in [6, 6.07) is 20.5. The average molecular weight is 278 g/mol. The Balaban J connectivity index is 1.91. The van der Waals surface area contributed by atoms with Gasteiger partial charge in [0, 0.05) is 17.3 Å². The van der Waals surface area contributed by atoms with Gasteiger partial charge in [-0.2, -0.15) is 0 Å². The van der Waals surface area contributed by atoms with Crippen LogP contribution in [0.1, 0.15) is 25.1 Å². The maximum atomic E-state index is 5.37. The van der Waals surface area contributed by atoms with Gasteiger partial charge in [0.05, 0.1) is 0 Å². The second kappa shape index (κ2) is 5.52. The van der Waals surface area contributed by atoms with Crippen molar-refractivity contribution in [2.45, 2.75) is 25.7 Å². The lowest BCUT2D eigenvalue weighted by molar-refractivity contribution is 0.403. The molecule has 106 valence electrons. The fraction of sp³-hybridized carbons (Fsp3) is 0.222. The van der Waals surface area contributed by atoms with Crippen molar-refractivity contribution in [1.29, 1.82) is 0 Å². The maximum Gasteiger partial charge on any atom is 0.190 e. The smallest absolute Gasteiger partial charge is 0.190 e. The van der Waals surface area contributed by atoms with E-state index in [4.69, 9.17) is 4.52 Å². The molecule has 0 unspecified atom stereocenters. The standard InChI is InChI=1S/C18H18N2O/c1-18(2,15-11-7-4-8-12-15)13-16-17(21-20-19-16)14-9-5-3-6-10-14/h3-12H,13H2,1-2H3. The SMILES string of the molecule is CC(C)(Cc1nnoc1-c1ccccc1)c1ccccc1. The highest BCUT2D eigenvalue weighted by molar-refractivity contribution is 5.59. The molecule has 0 fully saturated rings. The van der Waals surface area contributed by atoms with Crippen molar-refractivity contribution >= 4 is 0 Å². The summed E-state index contributed by atoms with van der Waals surface area (Å²) in [6.07, 6.45) is 0.782. The molecule has 3 heteroatoms. The molecule has 0 saturated heterocycles. The predicted molar refractivity (Wildman–Crippen MR) is 82.9 cm³/mol. The first kappa shape index (κ1) is 13.6. The number of nitrogens with zero attached hydrogens (tertiary/aromatic N) is 2. The zero-order valence-electron chi connectivity index (χ0n) is 12.3. The fourth-order valence-corrected chi connectivity index (χ4v) is 2.54. The summed E-state index contributed by atoms with van der Waals surface area (Å²) in [4.78, 5) is 0. The summed E-state index contributed by atoms with van der Waals surface area (Å²) in [6.45, 7) is 4.43. The van der Waals surface area contributed by atoms with E-state index >= 15 is 0 Å². The lowest BCUT2D eigenvalue weighted by Crippen LogP contribution is -2.21. The van der Waals surface area contributed by atoms with Crippen molar-refractivity contribution in [3.8, 4) is 11.3 Å². The summed E-state index contributed by atoms with van der Waals surface area (Å²) in [5.41, 5.74) is 3.17. The van der Waals surface area contributed by atoms with Gasteiger partial charge in [-0.05, 0) is 11.0 Å². The molecule has 1 aromatic heterocycles. The zero-order valence-corrected chi connectivity index (χ0v) is 12.3. The lowest BCUT2D eigenvalue weighted by atomic mass is 9.80. The molecule has 0 saturated carbocycles. The summed E-state index contributed by atoms with van der Waals surface area (Å²) in [7, 11) is 0. The summed E-state index contributed by atoms with van der Waals surface area (Å²) in [5.74, 6) is 0.764. The van der Waals surface area contributed by atoms with Gasteiger partial charge in [-0.25, -0.2) is 0 Å². The molecular weight excluding hydrogens is 260 g/mol. The molecule has 2 aromatic carbocycles. The van der Waals surface area contributed by atoms with Crippen LogP contribution in [0, 0.1) is 0 Å². The van der Waals surface area contributed by atoms with Crippen LogP contribution in [0.3, 0.4) is 0 Å². The van der Waals surface area contributed by atoms with Crippen LogP contribution < -0.4 is 0 Å². The van der Waals surface area contributed by atoms with Crippen LogP contribution in [0.2, 0.25) is 0 Å². The lowest BCUT2D eigenvalue weighted by Gasteiger charge is -2.24. The number of hydrogen-bond acceptors (Lipinski definition) is 3.